The van der Waals surface area contributed by atoms with Crippen LogP contribution in [0.1, 0.15) is 65.8 Å². The van der Waals surface area contributed by atoms with Gasteiger partial charge in [0.2, 0.25) is 5.95 Å². The van der Waals surface area contributed by atoms with E-state index in [1.807, 2.05) is 38.1 Å². The van der Waals surface area contributed by atoms with Gasteiger partial charge < -0.3 is 10.6 Å². The van der Waals surface area contributed by atoms with Crippen LogP contribution in [-0.4, -0.2) is 21.9 Å². The van der Waals surface area contributed by atoms with Crippen molar-refractivity contribution in [3.05, 3.63) is 52.8 Å². The molecule has 138 valence electrons. The molecule has 3 rings (SSSR count). The highest BCUT2D eigenvalue weighted by Crippen LogP contribution is 2.20. The van der Waals surface area contributed by atoms with Crippen LogP contribution in [0.3, 0.4) is 0 Å². The van der Waals surface area contributed by atoms with Crippen LogP contribution in [0.5, 0.6) is 0 Å². The van der Waals surface area contributed by atoms with Crippen LogP contribution in [0, 0.1) is 13.8 Å². The van der Waals surface area contributed by atoms with Gasteiger partial charge in [0.25, 0.3) is 5.91 Å². The fraction of sp³-hybridized carbons (Fsp3) is 0.476. The fourth-order valence-corrected chi connectivity index (χ4v) is 3.43. The zero-order chi connectivity index (χ0) is 18.4. The monoisotopic (exact) mass is 352 g/mol. The minimum atomic E-state index is -0.164. The standard InChI is InChI=1S/C21H28N4O/c1-15-9-7-8-10-17(15)14-22-20(26)19-13-16(2)23-21(25-19)24-18-11-5-3-4-6-12-18/h7-10,13,18H,3-6,11-12,14H2,1-2H3,(H,22,26)(H,23,24,25). The van der Waals surface area contributed by atoms with Crippen LogP contribution in [-0.2, 0) is 6.54 Å². The van der Waals surface area contributed by atoms with E-state index in [-0.39, 0.29) is 5.91 Å². The molecule has 1 aliphatic carbocycles. The summed E-state index contributed by atoms with van der Waals surface area (Å²) in [7, 11) is 0. The summed E-state index contributed by atoms with van der Waals surface area (Å²) < 4.78 is 0. The van der Waals surface area contributed by atoms with E-state index in [2.05, 4.69) is 20.6 Å². The van der Waals surface area contributed by atoms with Crippen molar-refractivity contribution < 1.29 is 4.79 Å². The van der Waals surface area contributed by atoms with Gasteiger partial charge in [0.05, 0.1) is 0 Å². The third kappa shape index (κ3) is 5.04. The van der Waals surface area contributed by atoms with Crippen molar-refractivity contribution in [3.63, 3.8) is 0 Å². The van der Waals surface area contributed by atoms with Gasteiger partial charge in [-0.1, -0.05) is 49.9 Å². The van der Waals surface area contributed by atoms with Gasteiger partial charge in [0, 0.05) is 18.3 Å². The maximum atomic E-state index is 12.6. The lowest BCUT2D eigenvalue weighted by Crippen LogP contribution is -2.26. The molecule has 2 N–H and O–H groups in total. The van der Waals surface area contributed by atoms with Crippen LogP contribution in [0.4, 0.5) is 5.95 Å². The lowest BCUT2D eigenvalue weighted by Gasteiger charge is -2.17. The number of carbonyl (C=O) groups is 1. The maximum absolute atomic E-state index is 12.6. The zero-order valence-corrected chi connectivity index (χ0v) is 15.7. The molecule has 1 amide bonds. The van der Waals surface area contributed by atoms with Crippen molar-refractivity contribution in [1.82, 2.24) is 15.3 Å². The zero-order valence-electron chi connectivity index (χ0n) is 15.7. The summed E-state index contributed by atoms with van der Waals surface area (Å²) in [6.07, 6.45) is 7.39. The first kappa shape index (κ1) is 18.4. The van der Waals surface area contributed by atoms with E-state index in [0.29, 0.717) is 24.2 Å². The van der Waals surface area contributed by atoms with Crippen LogP contribution >= 0.6 is 0 Å². The third-order valence-corrected chi connectivity index (χ3v) is 4.98. The van der Waals surface area contributed by atoms with E-state index in [9.17, 15) is 4.79 Å². The molecule has 0 aliphatic heterocycles. The van der Waals surface area contributed by atoms with E-state index in [1.54, 1.807) is 6.07 Å². The fourth-order valence-electron chi connectivity index (χ4n) is 3.43. The Bertz CT molecular complexity index is 751. The Morgan fingerprint density at radius 2 is 1.81 bits per heavy atom. The highest BCUT2D eigenvalue weighted by atomic mass is 16.1. The summed E-state index contributed by atoms with van der Waals surface area (Å²) in [6.45, 7) is 4.45. The molecule has 0 bridgehead atoms. The molecular weight excluding hydrogens is 324 g/mol. The van der Waals surface area contributed by atoms with Gasteiger partial charge >= 0.3 is 0 Å². The molecule has 0 saturated heterocycles. The maximum Gasteiger partial charge on any atom is 0.270 e. The Morgan fingerprint density at radius 3 is 2.54 bits per heavy atom. The minimum Gasteiger partial charge on any atom is -0.351 e. The van der Waals surface area contributed by atoms with E-state index in [4.69, 9.17) is 0 Å². The van der Waals surface area contributed by atoms with Crippen molar-refractivity contribution in [3.8, 4) is 0 Å². The molecule has 1 heterocycles. The predicted octanol–water partition coefficient (Wildman–Crippen LogP) is 4.16. The number of nitrogens with one attached hydrogen (secondary N) is 2. The first-order valence-electron chi connectivity index (χ1n) is 9.57. The van der Waals surface area contributed by atoms with Gasteiger partial charge in [-0.05, 0) is 43.9 Å². The van der Waals surface area contributed by atoms with Crippen molar-refractivity contribution in [1.29, 1.82) is 0 Å². The Morgan fingerprint density at radius 1 is 1.08 bits per heavy atom. The smallest absolute Gasteiger partial charge is 0.270 e. The molecule has 5 heteroatoms. The minimum absolute atomic E-state index is 0.164. The SMILES string of the molecule is Cc1cc(C(=O)NCc2ccccc2C)nc(NC2CCCCCC2)n1. The molecule has 0 spiro atoms. The summed E-state index contributed by atoms with van der Waals surface area (Å²) in [5.41, 5.74) is 3.50. The predicted molar refractivity (Wildman–Crippen MR) is 104 cm³/mol. The number of carbonyl (C=O) groups excluding carboxylic acids is 1. The molecule has 26 heavy (non-hydrogen) atoms. The summed E-state index contributed by atoms with van der Waals surface area (Å²) in [4.78, 5) is 21.5. The second kappa shape index (κ2) is 8.79. The second-order valence-electron chi connectivity index (χ2n) is 7.16. The average molecular weight is 352 g/mol. The first-order chi connectivity index (χ1) is 12.6. The molecule has 1 saturated carbocycles. The highest BCUT2D eigenvalue weighted by molar-refractivity contribution is 5.92. The number of amides is 1. The normalized spacial score (nSPS) is 15.3. The number of rotatable bonds is 5. The number of aromatic nitrogens is 2. The number of benzene rings is 1. The van der Waals surface area contributed by atoms with E-state index >= 15 is 0 Å². The third-order valence-electron chi connectivity index (χ3n) is 4.98. The first-order valence-corrected chi connectivity index (χ1v) is 9.57. The van der Waals surface area contributed by atoms with Crippen LogP contribution in [0.15, 0.2) is 30.3 Å². The number of aryl methyl sites for hydroxylation is 2. The molecule has 1 fully saturated rings. The molecule has 1 aliphatic rings. The van der Waals surface area contributed by atoms with Crippen molar-refractivity contribution in [2.45, 2.75) is 65.0 Å². The molecule has 1 aromatic carbocycles. The second-order valence-corrected chi connectivity index (χ2v) is 7.16. The summed E-state index contributed by atoms with van der Waals surface area (Å²) in [5.74, 6) is 0.403. The quantitative estimate of drug-likeness (QED) is 0.793. The van der Waals surface area contributed by atoms with Crippen LogP contribution in [0.2, 0.25) is 0 Å². The average Bonchev–Trinajstić information content (AvgIpc) is 2.89. The molecule has 0 unspecified atom stereocenters. The van der Waals surface area contributed by atoms with Gasteiger partial charge in [-0.25, -0.2) is 9.97 Å². The number of hydrogen-bond donors (Lipinski definition) is 2. The Balaban J connectivity index is 1.66. The molecule has 0 radical (unpaired) electrons. The number of hydrogen-bond acceptors (Lipinski definition) is 4. The Hall–Kier alpha value is -2.43. The van der Waals surface area contributed by atoms with Crippen LogP contribution in [0.25, 0.3) is 0 Å². The van der Waals surface area contributed by atoms with E-state index in [0.717, 1.165) is 24.1 Å². The summed E-state index contributed by atoms with van der Waals surface area (Å²) >= 11 is 0. The van der Waals surface area contributed by atoms with Gasteiger partial charge in [-0.2, -0.15) is 0 Å². The van der Waals surface area contributed by atoms with Gasteiger partial charge in [-0.3, -0.25) is 4.79 Å². The van der Waals surface area contributed by atoms with Gasteiger partial charge in [0.15, 0.2) is 0 Å². The van der Waals surface area contributed by atoms with Crippen molar-refractivity contribution >= 4 is 11.9 Å². The molecule has 2 aromatic rings. The topological polar surface area (TPSA) is 66.9 Å². The Kier molecular flexibility index (Phi) is 6.21. The summed E-state index contributed by atoms with van der Waals surface area (Å²) in [6, 6.07) is 10.2. The molecular formula is C21H28N4O. The van der Waals surface area contributed by atoms with Crippen LogP contribution < -0.4 is 10.6 Å². The van der Waals surface area contributed by atoms with Gasteiger partial charge in [-0.15, -0.1) is 0 Å². The largest absolute Gasteiger partial charge is 0.351 e. The van der Waals surface area contributed by atoms with E-state index in [1.165, 1.54) is 31.2 Å². The van der Waals surface area contributed by atoms with Gasteiger partial charge in [0.1, 0.15) is 5.69 Å². The molecule has 5 nitrogen and oxygen atoms in total. The lowest BCUT2D eigenvalue weighted by molar-refractivity contribution is 0.0945. The van der Waals surface area contributed by atoms with E-state index < -0.39 is 0 Å². The van der Waals surface area contributed by atoms with Crippen molar-refractivity contribution in [2.24, 2.45) is 0 Å². The number of anilines is 1. The summed E-state index contributed by atoms with van der Waals surface area (Å²) in [5, 5.41) is 6.40. The molecule has 1 aromatic heterocycles. The highest BCUT2D eigenvalue weighted by Gasteiger charge is 2.15. The lowest BCUT2D eigenvalue weighted by atomic mass is 10.1. The molecule has 0 atom stereocenters. The Labute approximate surface area is 155 Å². The van der Waals surface area contributed by atoms with Crippen molar-refractivity contribution in [2.75, 3.05) is 5.32 Å². The number of nitrogens with zero attached hydrogens (tertiary/aromatic N) is 2.